The number of carbonyl (C=O) groups excluding carboxylic acids is 2. The van der Waals surface area contributed by atoms with Crippen molar-refractivity contribution in [2.75, 3.05) is 11.9 Å². The third-order valence-electron chi connectivity index (χ3n) is 4.09. The molecule has 1 heterocycles. The highest BCUT2D eigenvalue weighted by atomic mass is 32.1. The first-order valence-corrected chi connectivity index (χ1v) is 9.96. The first-order valence-electron chi connectivity index (χ1n) is 9.08. The van der Waals surface area contributed by atoms with Crippen molar-refractivity contribution >= 4 is 28.8 Å². The maximum absolute atomic E-state index is 13.0. The number of ether oxygens (including phenoxy) is 1. The molecule has 0 spiro atoms. The van der Waals surface area contributed by atoms with Crippen molar-refractivity contribution in [2.45, 2.75) is 19.4 Å². The van der Waals surface area contributed by atoms with E-state index in [9.17, 15) is 9.59 Å². The van der Waals surface area contributed by atoms with Crippen molar-refractivity contribution in [3.8, 4) is 5.75 Å². The van der Waals surface area contributed by atoms with Crippen LogP contribution in [0.2, 0.25) is 0 Å². The molecule has 144 valence electrons. The first-order chi connectivity index (χ1) is 13.7. The zero-order chi connectivity index (χ0) is 19.8. The normalized spacial score (nSPS) is 11.5. The van der Waals surface area contributed by atoms with Crippen molar-refractivity contribution in [3.05, 3.63) is 82.6 Å². The molecule has 6 heteroatoms. The van der Waals surface area contributed by atoms with Gasteiger partial charge < -0.3 is 15.4 Å². The summed E-state index contributed by atoms with van der Waals surface area (Å²) in [6.07, 6.45) is 0.389. The molecule has 0 fully saturated rings. The summed E-state index contributed by atoms with van der Waals surface area (Å²) in [6.45, 7) is 2.38. The van der Waals surface area contributed by atoms with Gasteiger partial charge in [0, 0.05) is 6.42 Å². The average molecular weight is 394 g/mol. The number of carbonyl (C=O) groups is 2. The Hall–Kier alpha value is -3.12. The Morgan fingerprint density at radius 2 is 1.75 bits per heavy atom. The molecular formula is C22H22N2O3S. The minimum Gasteiger partial charge on any atom is -0.492 e. The smallest absolute Gasteiger partial charge is 0.262 e. The molecule has 2 N–H and O–H groups in total. The molecule has 3 aromatic rings. The van der Waals surface area contributed by atoms with Gasteiger partial charge in [-0.1, -0.05) is 48.5 Å². The van der Waals surface area contributed by atoms with Crippen LogP contribution in [0.25, 0.3) is 0 Å². The van der Waals surface area contributed by atoms with Gasteiger partial charge in [0.05, 0.1) is 17.2 Å². The van der Waals surface area contributed by atoms with Crippen molar-refractivity contribution < 1.29 is 14.3 Å². The second-order valence-electron chi connectivity index (χ2n) is 6.11. The Morgan fingerprint density at radius 3 is 2.46 bits per heavy atom. The van der Waals surface area contributed by atoms with E-state index in [-0.39, 0.29) is 11.8 Å². The van der Waals surface area contributed by atoms with E-state index in [1.165, 1.54) is 11.3 Å². The molecule has 0 bridgehead atoms. The minimum absolute atomic E-state index is 0.260. The van der Waals surface area contributed by atoms with E-state index in [2.05, 4.69) is 10.6 Å². The topological polar surface area (TPSA) is 67.4 Å². The van der Waals surface area contributed by atoms with Crippen LogP contribution in [0.3, 0.4) is 0 Å². The molecule has 28 heavy (non-hydrogen) atoms. The fourth-order valence-corrected chi connectivity index (χ4v) is 3.39. The van der Waals surface area contributed by atoms with Crippen LogP contribution in [-0.4, -0.2) is 24.5 Å². The quantitative estimate of drug-likeness (QED) is 0.604. The van der Waals surface area contributed by atoms with Gasteiger partial charge in [-0.2, -0.15) is 0 Å². The molecule has 0 aliphatic heterocycles. The SMILES string of the molecule is CCOc1ccccc1NC(=O)[C@@H](Cc1ccccc1)NC(=O)c1cccs1. The molecule has 5 nitrogen and oxygen atoms in total. The summed E-state index contributed by atoms with van der Waals surface area (Å²) in [5, 5.41) is 7.58. The fraction of sp³-hybridized carbons (Fsp3) is 0.182. The third-order valence-corrected chi connectivity index (χ3v) is 4.96. The third kappa shape index (κ3) is 5.20. The Balaban J connectivity index is 1.79. The molecule has 1 aromatic heterocycles. The number of hydrogen-bond donors (Lipinski definition) is 2. The maximum Gasteiger partial charge on any atom is 0.262 e. The van der Waals surface area contributed by atoms with E-state index >= 15 is 0 Å². The lowest BCUT2D eigenvalue weighted by Crippen LogP contribution is -2.45. The fourth-order valence-electron chi connectivity index (χ4n) is 2.77. The van der Waals surface area contributed by atoms with Crippen molar-refractivity contribution in [3.63, 3.8) is 0 Å². The van der Waals surface area contributed by atoms with E-state index in [1.807, 2.05) is 60.8 Å². The summed E-state index contributed by atoms with van der Waals surface area (Å²) in [7, 11) is 0. The van der Waals surface area contributed by atoms with Gasteiger partial charge in [0.25, 0.3) is 5.91 Å². The molecule has 0 aliphatic rings. The van der Waals surface area contributed by atoms with Gasteiger partial charge in [0.1, 0.15) is 11.8 Å². The minimum atomic E-state index is -0.716. The van der Waals surface area contributed by atoms with Crippen LogP contribution in [-0.2, 0) is 11.2 Å². The summed E-state index contributed by atoms with van der Waals surface area (Å²) in [6, 6.07) is 19.7. The van der Waals surface area contributed by atoms with Crippen LogP contribution in [0.15, 0.2) is 72.1 Å². The molecule has 0 unspecified atom stereocenters. The monoisotopic (exact) mass is 394 g/mol. The van der Waals surface area contributed by atoms with Crippen LogP contribution >= 0.6 is 11.3 Å². The van der Waals surface area contributed by atoms with Crippen LogP contribution in [0.1, 0.15) is 22.2 Å². The predicted molar refractivity (Wildman–Crippen MR) is 112 cm³/mol. The van der Waals surface area contributed by atoms with Gasteiger partial charge >= 0.3 is 0 Å². The lowest BCUT2D eigenvalue weighted by atomic mass is 10.0. The van der Waals surface area contributed by atoms with Gasteiger partial charge in [-0.05, 0) is 36.1 Å². The molecule has 3 rings (SSSR count). The number of anilines is 1. The summed E-state index contributed by atoms with van der Waals surface area (Å²) < 4.78 is 5.58. The molecule has 0 saturated heterocycles. The highest BCUT2D eigenvalue weighted by Gasteiger charge is 2.23. The van der Waals surface area contributed by atoms with Crippen molar-refractivity contribution in [2.24, 2.45) is 0 Å². The van der Waals surface area contributed by atoms with E-state index in [1.54, 1.807) is 18.2 Å². The van der Waals surface area contributed by atoms with Crippen molar-refractivity contribution in [1.82, 2.24) is 5.32 Å². The van der Waals surface area contributed by atoms with Gasteiger partial charge in [-0.3, -0.25) is 9.59 Å². The zero-order valence-electron chi connectivity index (χ0n) is 15.6. The summed E-state index contributed by atoms with van der Waals surface area (Å²) in [5.41, 5.74) is 1.55. The number of thiophene rings is 1. The zero-order valence-corrected chi connectivity index (χ0v) is 16.4. The summed E-state index contributed by atoms with van der Waals surface area (Å²) in [5.74, 6) is 0.0477. The lowest BCUT2D eigenvalue weighted by Gasteiger charge is -2.19. The Kier molecular flexibility index (Phi) is 6.81. The standard InChI is InChI=1S/C22H22N2O3S/c1-2-27-19-12-7-6-11-17(19)23-21(25)18(15-16-9-4-3-5-10-16)24-22(26)20-13-8-14-28-20/h3-14,18H,2,15H2,1H3,(H,23,25)(H,24,26)/t18-/m1/s1. The number of nitrogens with one attached hydrogen (secondary N) is 2. The molecule has 2 aromatic carbocycles. The largest absolute Gasteiger partial charge is 0.492 e. The average Bonchev–Trinajstić information content (AvgIpc) is 3.25. The molecular weight excluding hydrogens is 372 g/mol. The Morgan fingerprint density at radius 1 is 1.00 bits per heavy atom. The van der Waals surface area contributed by atoms with Crippen LogP contribution in [0, 0.1) is 0 Å². The summed E-state index contributed by atoms with van der Waals surface area (Å²) in [4.78, 5) is 26.1. The van der Waals surface area contributed by atoms with E-state index in [0.29, 0.717) is 29.3 Å². The summed E-state index contributed by atoms with van der Waals surface area (Å²) >= 11 is 1.34. The Labute approximate surface area is 168 Å². The molecule has 0 radical (unpaired) electrons. The Bertz CT molecular complexity index is 911. The maximum atomic E-state index is 13.0. The molecule has 1 atom stereocenters. The van der Waals surface area contributed by atoms with E-state index in [0.717, 1.165) is 5.56 Å². The second kappa shape index (κ2) is 9.71. The number of amides is 2. The predicted octanol–water partition coefficient (Wildman–Crippen LogP) is 4.13. The van der Waals surface area contributed by atoms with E-state index < -0.39 is 6.04 Å². The second-order valence-corrected chi connectivity index (χ2v) is 7.06. The highest BCUT2D eigenvalue weighted by Crippen LogP contribution is 2.24. The van der Waals surface area contributed by atoms with Gasteiger partial charge in [0.15, 0.2) is 0 Å². The van der Waals surface area contributed by atoms with Gasteiger partial charge in [0.2, 0.25) is 5.91 Å². The molecule has 0 aliphatic carbocycles. The van der Waals surface area contributed by atoms with Crippen LogP contribution < -0.4 is 15.4 Å². The number of para-hydroxylation sites is 2. The van der Waals surface area contributed by atoms with Crippen LogP contribution in [0.5, 0.6) is 5.75 Å². The number of benzene rings is 2. The molecule has 0 saturated carbocycles. The lowest BCUT2D eigenvalue weighted by molar-refractivity contribution is -0.118. The van der Waals surface area contributed by atoms with E-state index in [4.69, 9.17) is 4.74 Å². The van der Waals surface area contributed by atoms with Gasteiger partial charge in [-0.15, -0.1) is 11.3 Å². The van der Waals surface area contributed by atoms with Crippen LogP contribution in [0.4, 0.5) is 5.69 Å². The van der Waals surface area contributed by atoms with Gasteiger partial charge in [-0.25, -0.2) is 0 Å². The highest BCUT2D eigenvalue weighted by molar-refractivity contribution is 7.12. The van der Waals surface area contributed by atoms with Crippen molar-refractivity contribution in [1.29, 1.82) is 0 Å². The number of hydrogen-bond acceptors (Lipinski definition) is 4. The first kappa shape index (κ1) is 19.6. The number of rotatable bonds is 8. The molecule has 2 amide bonds.